The van der Waals surface area contributed by atoms with Crippen LogP contribution < -0.4 is 5.32 Å². The molecule has 0 aromatic carbocycles. The maximum absolute atomic E-state index is 11.2. The summed E-state index contributed by atoms with van der Waals surface area (Å²) in [7, 11) is 1.48. The van der Waals surface area contributed by atoms with Crippen molar-refractivity contribution in [2.75, 3.05) is 24.8 Å². The summed E-state index contributed by atoms with van der Waals surface area (Å²) in [4.78, 5) is 11.2. The largest absolute Gasteiger partial charge is 0.375 e. The van der Waals surface area contributed by atoms with E-state index in [0.29, 0.717) is 11.0 Å². The Morgan fingerprint density at radius 1 is 1.56 bits per heavy atom. The van der Waals surface area contributed by atoms with E-state index in [-0.39, 0.29) is 12.5 Å². The molecule has 0 aliphatic carbocycles. The zero-order valence-electron chi connectivity index (χ0n) is 9.52. The summed E-state index contributed by atoms with van der Waals surface area (Å²) in [6, 6.07) is 0. The molecule has 1 rings (SSSR count). The smallest absolute Gasteiger partial charge is 0.252 e. The molecule has 0 aliphatic heterocycles. The summed E-state index contributed by atoms with van der Waals surface area (Å²) in [5.41, 5.74) is 0. The topological polar surface area (TPSA) is 64.1 Å². The first-order valence-electron chi connectivity index (χ1n) is 4.87. The molecule has 1 aromatic rings. The van der Waals surface area contributed by atoms with Gasteiger partial charge in [0.1, 0.15) is 6.61 Å². The van der Waals surface area contributed by atoms with Gasteiger partial charge in [0.05, 0.1) is 0 Å². The second-order valence-corrected chi connectivity index (χ2v) is 5.80. The zero-order valence-corrected chi connectivity index (χ0v) is 11.2. The summed E-state index contributed by atoms with van der Waals surface area (Å²) in [6.45, 7) is 4.33. The molecule has 0 aliphatic rings. The number of nitrogens with one attached hydrogen (secondary N) is 1. The summed E-state index contributed by atoms with van der Waals surface area (Å²) >= 11 is 3.03. The molecular formula is C9H15N3O2S2. The number of carbonyl (C=O) groups excluding carboxylic acids is 1. The quantitative estimate of drug-likeness (QED) is 0.625. The van der Waals surface area contributed by atoms with Crippen LogP contribution in [0.25, 0.3) is 0 Å². The van der Waals surface area contributed by atoms with Crippen LogP contribution in [0.1, 0.15) is 13.8 Å². The van der Waals surface area contributed by atoms with Crippen LogP contribution in [-0.2, 0) is 9.53 Å². The third-order valence-electron chi connectivity index (χ3n) is 1.47. The lowest BCUT2D eigenvalue weighted by Crippen LogP contribution is -2.16. The van der Waals surface area contributed by atoms with Crippen molar-refractivity contribution in [1.82, 2.24) is 10.2 Å². The molecule has 0 bridgehead atoms. The Balaban J connectivity index is 2.42. The van der Waals surface area contributed by atoms with Crippen molar-refractivity contribution in [3.8, 4) is 0 Å². The first-order valence-corrected chi connectivity index (χ1v) is 6.67. The van der Waals surface area contributed by atoms with Crippen LogP contribution >= 0.6 is 23.1 Å². The number of aromatic nitrogens is 2. The van der Waals surface area contributed by atoms with Gasteiger partial charge in [0.15, 0.2) is 4.34 Å². The molecule has 0 radical (unpaired) electrons. The molecular weight excluding hydrogens is 246 g/mol. The van der Waals surface area contributed by atoms with Crippen molar-refractivity contribution in [1.29, 1.82) is 0 Å². The van der Waals surface area contributed by atoms with Crippen molar-refractivity contribution in [2.24, 2.45) is 5.92 Å². The maximum atomic E-state index is 11.2. The Kier molecular flexibility index (Phi) is 5.72. The van der Waals surface area contributed by atoms with Crippen LogP contribution in [0, 0.1) is 5.92 Å². The van der Waals surface area contributed by atoms with E-state index in [0.717, 1.165) is 10.1 Å². The molecule has 5 nitrogen and oxygen atoms in total. The number of amides is 1. The monoisotopic (exact) mass is 261 g/mol. The predicted molar refractivity (Wildman–Crippen MR) is 66.0 cm³/mol. The molecule has 1 heterocycles. The van der Waals surface area contributed by atoms with E-state index in [4.69, 9.17) is 4.74 Å². The molecule has 1 N–H and O–H groups in total. The summed E-state index contributed by atoms with van der Waals surface area (Å²) in [6.07, 6.45) is 0. The van der Waals surface area contributed by atoms with Gasteiger partial charge in [-0.3, -0.25) is 10.1 Å². The Morgan fingerprint density at radius 2 is 2.31 bits per heavy atom. The molecule has 0 spiro atoms. The van der Waals surface area contributed by atoms with E-state index in [9.17, 15) is 4.79 Å². The minimum Gasteiger partial charge on any atom is -0.375 e. The van der Waals surface area contributed by atoms with Crippen molar-refractivity contribution < 1.29 is 9.53 Å². The molecule has 0 fully saturated rings. The fourth-order valence-corrected chi connectivity index (χ4v) is 2.59. The summed E-state index contributed by atoms with van der Waals surface area (Å²) in [5, 5.41) is 11.0. The van der Waals surface area contributed by atoms with Crippen LogP contribution in [0.5, 0.6) is 0 Å². The minimum absolute atomic E-state index is 0.0358. The normalized spacial score (nSPS) is 10.8. The fourth-order valence-electron chi connectivity index (χ4n) is 0.843. The minimum atomic E-state index is -0.209. The van der Waals surface area contributed by atoms with Gasteiger partial charge in [0.2, 0.25) is 5.13 Å². The van der Waals surface area contributed by atoms with Gasteiger partial charge in [-0.1, -0.05) is 36.9 Å². The molecule has 7 heteroatoms. The van der Waals surface area contributed by atoms with Gasteiger partial charge in [-0.15, -0.1) is 10.2 Å². The van der Waals surface area contributed by atoms with Gasteiger partial charge in [-0.2, -0.15) is 0 Å². The number of nitrogens with zero attached hydrogens (tertiary/aromatic N) is 2. The average molecular weight is 261 g/mol. The standard InChI is InChI=1S/C9H15N3O2S2/c1-6(2)5-15-9-12-11-8(16-9)10-7(13)4-14-3/h6H,4-5H2,1-3H3,(H,10,11,13). The van der Waals surface area contributed by atoms with Gasteiger partial charge >= 0.3 is 0 Å². The van der Waals surface area contributed by atoms with Gasteiger partial charge < -0.3 is 4.74 Å². The van der Waals surface area contributed by atoms with E-state index in [2.05, 4.69) is 29.4 Å². The molecule has 0 saturated heterocycles. The lowest BCUT2D eigenvalue weighted by atomic mass is 10.3. The van der Waals surface area contributed by atoms with E-state index in [1.54, 1.807) is 11.8 Å². The predicted octanol–water partition coefficient (Wildman–Crippen LogP) is 1.87. The van der Waals surface area contributed by atoms with E-state index in [1.807, 2.05) is 0 Å². The van der Waals surface area contributed by atoms with Crippen LogP contribution in [0.15, 0.2) is 4.34 Å². The number of carbonyl (C=O) groups is 1. The number of hydrogen-bond acceptors (Lipinski definition) is 6. The molecule has 1 aromatic heterocycles. The van der Waals surface area contributed by atoms with Crippen molar-refractivity contribution in [3.63, 3.8) is 0 Å². The van der Waals surface area contributed by atoms with Crippen LogP contribution in [-0.4, -0.2) is 35.6 Å². The Labute approximate surface area is 103 Å². The summed E-state index contributed by atoms with van der Waals surface area (Å²) < 4.78 is 5.58. The molecule has 16 heavy (non-hydrogen) atoms. The Morgan fingerprint density at radius 3 is 2.94 bits per heavy atom. The van der Waals surface area contributed by atoms with E-state index in [1.165, 1.54) is 18.4 Å². The zero-order chi connectivity index (χ0) is 12.0. The molecule has 0 unspecified atom stereocenters. The van der Waals surface area contributed by atoms with Gasteiger partial charge in [0.25, 0.3) is 5.91 Å². The number of anilines is 1. The van der Waals surface area contributed by atoms with Gasteiger partial charge in [0, 0.05) is 12.9 Å². The first kappa shape index (κ1) is 13.4. The second-order valence-electron chi connectivity index (χ2n) is 3.56. The third-order valence-corrected chi connectivity index (χ3v) is 3.87. The lowest BCUT2D eigenvalue weighted by molar-refractivity contribution is -0.119. The number of thioether (sulfide) groups is 1. The number of ether oxygens (including phenoxy) is 1. The molecule has 0 atom stereocenters. The highest BCUT2D eigenvalue weighted by Gasteiger charge is 2.08. The number of hydrogen-bond donors (Lipinski definition) is 1. The van der Waals surface area contributed by atoms with Gasteiger partial charge in [-0.25, -0.2) is 0 Å². The Hall–Kier alpha value is -0.660. The first-order chi connectivity index (χ1) is 7.61. The highest BCUT2D eigenvalue weighted by Crippen LogP contribution is 2.26. The van der Waals surface area contributed by atoms with Crippen molar-refractivity contribution in [2.45, 2.75) is 18.2 Å². The third kappa shape index (κ3) is 4.91. The average Bonchev–Trinajstić information content (AvgIpc) is 2.63. The molecule has 0 saturated carbocycles. The highest BCUT2D eigenvalue weighted by molar-refractivity contribution is 8.01. The highest BCUT2D eigenvalue weighted by atomic mass is 32.2. The Bertz CT molecular complexity index is 341. The van der Waals surface area contributed by atoms with Crippen LogP contribution in [0.3, 0.4) is 0 Å². The van der Waals surface area contributed by atoms with E-state index >= 15 is 0 Å². The van der Waals surface area contributed by atoms with Crippen molar-refractivity contribution >= 4 is 34.1 Å². The number of methoxy groups -OCH3 is 1. The molecule has 90 valence electrons. The number of rotatable bonds is 6. The second kappa shape index (κ2) is 6.82. The maximum Gasteiger partial charge on any atom is 0.252 e. The van der Waals surface area contributed by atoms with Crippen molar-refractivity contribution in [3.05, 3.63) is 0 Å². The lowest BCUT2D eigenvalue weighted by Gasteiger charge is -1.99. The molecule has 1 amide bonds. The van der Waals surface area contributed by atoms with Crippen LogP contribution in [0.4, 0.5) is 5.13 Å². The van der Waals surface area contributed by atoms with E-state index < -0.39 is 0 Å². The summed E-state index contributed by atoms with van der Waals surface area (Å²) in [5.74, 6) is 1.40. The fraction of sp³-hybridized carbons (Fsp3) is 0.667. The van der Waals surface area contributed by atoms with Crippen LogP contribution in [0.2, 0.25) is 0 Å². The van der Waals surface area contributed by atoms with Gasteiger partial charge in [-0.05, 0) is 5.92 Å². The SMILES string of the molecule is COCC(=O)Nc1nnc(SCC(C)C)s1.